The molecule has 3 heteroatoms. The molecular formula is C9H14Cl2Si. The van der Waals surface area contributed by atoms with Gasteiger partial charge in [0.1, 0.15) is 0 Å². The molecule has 12 heavy (non-hydrogen) atoms. The van der Waals surface area contributed by atoms with Gasteiger partial charge < -0.3 is 0 Å². The second kappa shape index (κ2) is 5.63. The van der Waals surface area contributed by atoms with E-state index in [1.54, 1.807) is 0 Å². The van der Waals surface area contributed by atoms with Gasteiger partial charge in [0.05, 0.1) is 0 Å². The Bertz CT molecular complexity index is 198. The predicted octanol–water partition coefficient (Wildman–Crippen LogP) is 4.16. The minimum absolute atomic E-state index is 1.32. The topological polar surface area (TPSA) is 0 Å². The first-order valence-electron chi connectivity index (χ1n) is 3.79. The molecule has 1 aromatic rings. The highest BCUT2D eigenvalue weighted by atomic mass is 35.7. The summed E-state index contributed by atoms with van der Waals surface area (Å²) in [6, 6.07) is 10.3. The third-order valence-corrected chi connectivity index (χ3v) is 0.940. The third-order valence-electron chi connectivity index (χ3n) is 0.940. The van der Waals surface area contributed by atoms with Crippen LogP contribution in [0.2, 0.25) is 13.1 Å². The second-order valence-electron chi connectivity index (χ2n) is 2.98. The molecule has 0 aliphatic heterocycles. The summed E-state index contributed by atoms with van der Waals surface area (Å²) in [4.78, 5) is 0. The number of benzene rings is 1. The molecule has 1 rings (SSSR count). The standard InChI is InChI=1S/C7H8.C2H6Cl2Si/c1-7-5-3-2-4-6-7;1-5(2,3)4/h2-6H,1H3;1-2H3. The van der Waals surface area contributed by atoms with Crippen molar-refractivity contribution in [3.63, 3.8) is 0 Å². The smallest absolute Gasteiger partial charge is 0.146 e. The van der Waals surface area contributed by atoms with Crippen LogP contribution in [0, 0.1) is 6.92 Å². The molecule has 1 aromatic carbocycles. The van der Waals surface area contributed by atoms with Gasteiger partial charge in [-0.2, -0.15) is 0 Å². The third kappa shape index (κ3) is 12.7. The largest absolute Gasteiger partial charge is 0.245 e. The summed E-state index contributed by atoms with van der Waals surface area (Å²) in [5, 5.41) is 0. The molecule has 0 unspecified atom stereocenters. The highest BCUT2D eigenvalue weighted by molar-refractivity contribution is 7.44. The molecule has 0 nitrogen and oxygen atoms in total. The molecule has 0 N–H and O–H groups in total. The molecule has 68 valence electrons. The Morgan fingerprint density at radius 1 is 1.00 bits per heavy atom. The fourth-order valence-electron chi connectivity index (χ4n) is 0.534. The van der Waals surface area contributed by atoms with Crippen molar-refractivity contribution >= 4 is 28.9 Å². The van der Waals surface area contributed by atoms with Crippen molar-refractivity contribution in [1.82, 2.24) is 0 Å². The predicted molar refractivity (Wildman–Crippen MR) is 60.4 cm³/mol. The fraction of sp³-hybridized carbons (Fsp3) is 0.333. The van der Waals surface area contributed by atoms with E-state index >= 15 is 0 Å². The molecule has 0 aromatic heterocycles. The Morgan fingerprint density at radius 3 is 1.50 bits per heavy atom. The molecule has 0 saturated carbocycles. The minimum Gasteiger partial charge on any atom is -0.146 e. The zero-order chi connectivity index (χ0) is 9.61. The number of aryl methyl sites for hydroxylation is 1. The number of rotatable bonds is 0. The molecule has 0 aliphatic rings. The molecule has 0 spiro atoms. The monoisotopic (exact) mass is 220 g/mol. The van der Waals surface area contributed by atoms with E-state index in [2.05, 4.69) is 19.1 Å². The zero-order valence-corrected chi connectivity index (χ0v) is 10.2. The van der Waals surface area contributed by atoms with Crippen LogP contribution in [0.4, 0.5) is 0 Å². The number of hydrogen-bond acceptors (Lipinski definition) is 0. The fourth-order valence-corrected chi connectivity index (χ4v) is 0.534. The van der Waals surface area contributed by atoms with Gasteiger partial charge in [0.15, 0.2) is 0 Å². The lowest BCUT2D eigenvalue weighted by Crippen LogP contribution is -2.02. The van der Waals surface area contributed by atoms with Crippen molar-refractivity contribution in [2.24, 2.45) is 0 Å². The van der Waals surface area contributed by atoms with Crippen LogP contribution in [-0.2, 0) is 0 Å². The molecule has 0 bridgehead atoms. The van der Waals surface area contributed by atoms with Gasteiger partial charge in [-0.1, -0.05) is 35.9 Å². The van der Waals surface area contributed by atoms with Crippen LogP contribution in [0.1, 0.15) is 5.56 Å². The molecular weight excluding hydrogens is 207 g/mol. The maximum absolute atomic E-state index is 5.43. The van der Waals surface area contributed by atoms with E-state index in [9.17, 15) is 0 Å². The first-order valence-corrected chi connectivity index (χ1v) is 8.81. The van der Waals surface area contributed by atoms with Crippen LogP contribution in [0.5, 0.6) is 0 Å². The van der Waals surface area contributed by atoms with Crippen molar-refractivity contribution in [2.75, 3.05) is 0 Å². The van der Waals surface area contributed by atoms with Gasteiger partial charge >= 0.3 is 0 Å². The van der Waals surface area contributed by atoms with Gasteiger partial charge in [0.2, 0.25) is 6.69 Å². The van der Waals surface area contributed by atoms with Crippen molar-refractivity contribution in [2.45, 2.75) is 20.0 Å². The van der Waals surface area contributed by atoms with Gasteiger partial charge in [0, 0.05) is 0 Å². The van der Waals surface area contributed by atoms with E-state index in [0.717, 1.165) is 0 Å². The molecule has 0 amide bonds. The summed E-state index contributed by atoms with van der Waals surface area (Å²) in [5.74, 6) is 0. The zero-order valence-electron chi connectivity index (χ0n) is 7.64. The van der Waals surface area contributed by atoms with Crippen molar-refractivity contribution in [3.8, 4) is 0 Å². The number of hydrogen-bond donors (Lipinski definition) is 0. The van der Waals surface area contributed by atoms with Crippen LogP contribution in [0.15, 0.2) is 30.3 Å². The van der Waals surface area contributed by atoms with Crippen molar-refractivity contribution in [3.05, 3.63) is 35.9 Å². The van der Waals surface area contributed by atoms with E-state index in [0.29, 0.717) is 0 Å². The lowest BCUT2D eigenvalue weighted by atomic mass is 10.2. The summed E-state index contributed by atoms with van der Waals surface area (Å²) >= 11 is 10.9. The minimum atomic E-state index is -1.67. The van der Waals surface area contributed by atoms with Crippen LogP contribution in [0.3, 0.4) is 0 Å². The van der Waals surface area contributed by atoms with E-state index < -0.39 is 6.69 Å². The molecule has 0 atom stereocenters. The Balaban J connectivity index is 0.000000217. The van der Waals surface area contributed by atoms with Crippen LogP contribution < -0.4 is 0 Å². The van der Waals surface area contributed by atoms with Crippen LogP contribution in [-0.4, -0.2) is 6.69 Å². The summed E-state index contributed by atoms with van der Waals surface area (Å²) in [5.41, 5.74) is 1.32. The maximum atomic E-state index is 5.43. The summed E-state index contributed by atoms with van der Waals surface area (Å²) in [6.07, 6.45) is 0. The van der Waals surface area contributed by atoms with Gasteiger partial charge in [0.25, 0.3) is 0 Å². The van der Waals surface area contributed by atoms with Crippen molar-refractivity contribution in [1.29, 1.82) is 0 Å². The van der Waals surface area contributed by atoms with E-state index in [1.807, 2.05) is 31.3 Å². The van der Waals surface area contributed by atoms with Crippen LogP contribution >= 0.6 is 22.2 Å². The Morgan fingerprint density at radius 2 is 1.33 bits per heavy atom. The van der Waals surface area contributed by atoms with E-state index in [4.69, 9.17) is 22.2 Å². The molecule has 0 aliphatic carbocycles. The Kier molecular flexibility index (Phi) is 5.63. The molecule has 0 saturated heterocycles. The van der Waals surface area contributed by atoms with Gasteiger partial charge in [-0.25, -0.2) is 0 Å². The first-order chi connectivity index (χ1) is 5.39. The average Bonchev–Trinajstić information content (AvgIpc) is 1.85. The Hall–Kier alpha value is 0.0169. The molecule has 0 fully saturated rings. The summed E-state index contributed by atoms with van der Waals surface area (Å²) in [7, 11) is 0. The van der Waals surface area contributed by atoms with E-state index in [-0.39, 0.29) is 0 Å². The average molecular weight is 221 g/mol. The van der Waals surface area contributed by atoms with Gasteiger partial charge in [-0.05, 0) is 20.0 Å². The van der Waals surface area contributed by atoms with Gasteiger partial charge in [-0.3, -0.25) is 0 Å². The Labute approximate surface area is 84.9 Å². The number of halogens is 2. The second-order valence-corrected chi connectivity index (χ2v) is 11.9. The lowest BCUT2D eigenvalue weighted by molar-refractivity contribution is 1.48. The van der Waals surface area contributed by atoms with Crippen molar-refractivity contribution < 1.29 is 0 Å². The first kappa shape index (κ1) is 12.0. The lowest BCUT2D eigenvalue weighted by Gasteiger charge is -1.93. The summed E-state index contributed by atoms with van der Waals surface area (Å²) < 4.78 is 0. The maximum Gasteiger partial charge on any atom is 0.245 e. The normalized spacial score (nSPS) is 10.1. The highest BCUT2D eigenvalue weighted by Crippen LogP contribution is 2.10. The van der Waals surface area contributed by atoms with E-state index in [1.165, 1.54) is 5.56 Å². The quantitative estimate of drug-likeness (QED) is 0.455. The van der Waals surface area contributed by atoms with Gasteiger partial charge in [-0.15, -0.1) is 22.2 Å². The summed E-state index contributed by atoms with van der Waals surface area (Å²) in [6.45, 7) is 4.13. The van der Waals surface area contributed by atoms with Crippen LogP contribution in [0.25, 0.3) is 0 Å². The highest BCUT2D eigenvalue weighted by Gasteiger charge is 2.08. The SMILES string of the molecule is C[Si](C)(Cl)Cl.Cc1ccccc1. The molecule has 0 radical (unpaired) electrons. The molecule has 0 heterocycles.